The van der Waals surface area contributed by atoms with Crippen molar-refractivity contribution in [2.75, 3.05) is 11.4 Å². The van der Waals surface area contributed by atoms with Crippen LogP contribution in [0, 0.1) is 5.82 Å². The number of nitrogens with zero attached hydrogens (tertiary/aromatic N) is 4. The minimum absolute atomic E-state index is 0.102. The number of halogens is 1. The Bertz CT molecular complexity index is 997. The van der Waals surface area contributed by atoms with Crippen LogP contribution in [0.3, 0.4) is 0 Å². The number of rotatable bonds is 4. The zero-order valence-corrected chi connectivity index (χ0v) is 15.4. The van der Waals surface area contributed by atoms with Crippen molar-refractivity contribution in [2.45, 2.75) is 32.6 Å². The Morgan fingerprint density at radius 2 is 1.85 bits per heavy atom. The fourth-order valence-corrected chi connectivity index (χ4v) is 3.57. The number of carbonyl (C=O) groups excluding carboxylic acids is 1. The lowest BCUT2D eigenvalue weighted by Gasteiger charge is -2.15. The van der Waals surface area contributed by atoms with Crippen LogP contribution in [0.2, 0.25) is 0 Å². The fraction of sp³-hybridized carbons (Fsp3) is 0.286. The van der Waals surface area contributed by atoms with Crippen LogP contribution in [0.15, 0.2) is 48.5 Å². The van der Waals surface area contributed by atoms with Crippen LogP contribution in [0.25, 0.3) is 5.69 Å². The van der Waals surface area contributed by atoms with E-state index in [2.05, 4.69) is 17.0 Å². The molecule has 2 heterocycles. The summed E-state index contributed by atoms with van der Waals surface area (Å²) in [5.74, 6) is 0.309. The molecule has 1 unspecified atom stereocenters. The number of hydrogen-bond donors (Lipinski definition) is 0. The number of aryl methyl sites for hydroxylation is 1. The molecule has 0 radical (unpaired) electrons. The van der Waals surface area contributed by atoms with Crippen molar-refractivity contribution in [1.29, 1.82) is 0 Å². The number of anilines is 1. The molecular weight excluding hydrogens is 343 g/mol. The molecule has 0 aliphatic carbocycles. The molecule has 3 aromatic rings. The highest BCUT2D eigenvalue weighted by Crippen LogP contribution is 2.36. The van der Waals surface area contributed by atoms with Gasteiger partial charge in [-0.25, -0.2) is 14.1 Å². The predicted octanol–water partition coefficient (Wildman–Crippen LogP) is 4.12. The third kappa shape index (κ3) is 3.01. The minimum Gasteiger partial charge on any atom is -0.305 e. The summed E-state index contributed by atoms with van der Waals surface area (Å²) >= 11 is 0. The number of aromatic nitrogens is 3. The average Bonchev–Trinajstić information content (AvgIpc) is 3.24. The summed E-state index contributed by atoms with van der Waals surface area (Å²) in [6, 6.07) is 14.3. The van der Waals surface area contributed by atoms with Gasteiger partial charge in [-0.15, -0.1) is 5.10 Å². The van der Waals surface area contributed by atoms with Crippen LogP contribution in [-0.2, 0) is 6.42 Å². The van der Waals surface area contributed by atoms with Gasteiger partial charge in [0.05, 0.1) is 0 Å². The van der Waals surface area contributed by atoms with Gasteiger partial charge in [-0.1, -0.05) is 44.2 Å². The molecule has 0 saturated carbocycles. The first-order valence-corrected chi connectivity index (χ1v) is 9.21. The van der Waals surface area contributed by atoms with Gasteiger partial charge in [-0.3, -0.25) is 4.79 Å². The van der Waals surface area contributed by atoms with Gasteiger partial charge in [0.15, 0.2) is 0 Å². The summed E-state index contributed by atoms with van der Waals surface area (Å²) < 4.78 is 15.7. The normalized spacial score (nSPS) is 15.8. The second kappa shape index (κ2) is 6.95. The third-order valence-electron chi connectivity index (χ3n) is 4.88. The molecule has 2 aromatic carbocycles. The lowest BCUT2D eigenvalue weighted by molar-refractivity contribution is 0.0978. The maximum absolute atomic E-state index is 14.3. The quantitative estimate of drug-likeness (QED) is 0.700. The van der Waals surface area contributed by atoms with Crippen molar-refractivity contribution in [3.8, 4) is 5.69 Å². The first-order chi connectivity index (χ1) is 13.1. The molecular formula is C21H21FN4O. The van der Waals surface area contributed by atoms with E-state index in [4.69, 9.17) is 0 Å². The molecule has 1 aliphatic heterocycles. The van der Waals surface area contributed by atoms with Crippen LogP contribution in [0.1, 0.15) is 48.2 Å². The van der Waals surface area contributed by atoms with Gasteiger partial charge >= 0.3 is 0 Å². The van der Waals surface area contributed by atoms with E-state index in [9.17, 15) is 9.18 Å². The van der Waals surface area contributed by atoms with Crippen LogP contribution in [-0.4, -0.2) is 27.2 Å². The molecule has 0 fully saturated rings. The maximum atomic E-state index is 14.3. The van der Waals surface area contributed by atoms with Gasteiger partial charge < -0.3 is 4.90 Å². The topological polar surface area (TPSA) is 51.0 Å². The molecule has 1 aromatic heterocycles. The molecule has 4 rings (SSSR count). The monoisotopic (exact) mass is 364 g/mol. The van der Waals surface area contributed by atoms with E-state index < -0.39 is 0 Å². The number of para-hydroxylation sites is 2. The van der Waals surface area contributed by atoms with E-state index in [0.717, 1.165) is 17.7 Å². The summed E-state index contributed by atoms with van der Waals surface area (Å²) in [4.78, 5) is 19.3. The summed E-state index contributed by atoms with van der Waals surface area (Å²) in [5, 5.41) is 4.38. The van der Waals surface area contributed by atoms with Crippen molar-refractivity contribution in [3.63, 3.8) is 0 Å². The Balaban J connectivity index is 1.74. The predicted molar refractivity (Wildman–Crippen MR) is 102 cm³/mol. The van der Waals surface area contributed by atoms with E-state index in [1.165, 1.54) is 10.7 Å². The van der Waals surface area contributed by atoms with Crippen LogP contribution < -0.4 is 4.90 Å². The molecule has 27 heavy (non-hydrogen) atoms. The summed E-state index contributed by atoms with van der Waals surface area (Å²) in [7, 11) is 0. The van der Waals surface area contributed by atoms with Crippen LogP contribution >= 0.6 is 0 Å². The Labute approximate surface area is 157 Å². The molecule has 1 aliphatic rings. The van der Waals surface area contributed by atoms with Crippen LogP contribution in [0.4, 0.5) is 10.1 Å². The lowest BCUT2D eigenvalue weighted by atomic mass is 10.0. The van der Waals surface area contributed by atoms with E-state index >= 15 is 0 Å². The van der Waals surface area contributed by atoms with E-state index in [1.807, 2.05) is 31.2 Å². The van der Waals surface area contributed by atoms with Crippen molar-refractivity contribution < 1.29 is 9.18 Å². The molecule has 6 heteroatoms. The van der Waals surface area contributed by atoms with E-state index in [0.29, 0.717) is 24.5 Å². The SMILES string of the molecule is CCCc1nc(C(=O)N2CC(C)c3ccccc32)nn1-c1ccccc1F. The highest BCUT2D eigenvalue weighted by atomic mass is 19.1. The summed E-state index contributed by atoms with van der Waals surface area (Å²) in [6.45, 7) is 4.70. The Hall–Kier alpha value is -3.02. The van der Waals surface area contributed by atoms with Crippen molar-refractivity contribution >= 4 is 11.6 Å². The van der Waals surface area contributed by atoms with Crippen molar-refractivity contribution in [2.24, 2.45) is 0 Å². The maximum Gasteiger partial charge on any atom is 0.297 e. The molecule has 0 bridgehead atoms. The standard InChI is InChI=1S/C21H21FN4O/c1-3-8-19-23-20(24-26(19)18-12-7-5-10-16(18)22)21(27)25-13-14(2)15-9-4-6-11-17(15)25/h4-7,9-12,14H,3,8,13H2,1-2H3. The van der Waals surface area contributed by atoms with E-state index in [1.54, 1.807) is 23.1 Å². The molecule has 138 valence electrons. The highest BCUT2D eigenvalue weighted by molar-refractivity contribution is 6.05. The number of amides is 1. The second-order valence-corrected chi connectivity index (χ2v) is 6.84. The molecule has 0 spiro atoms. The number of fused-ring (bicyclic) bond motifs is 1. The number of benzene rings is 2. The Kier molecular flexibility index (Phi) is 4.48. The zero-order chi connectivity index (χ0) is 19.0. The molecule has 1 atom stereocenters. The summed E-state index contributed by atoms with van der Waals surface area (Å²) in [5.41, 5.74) is 2.35. The number of hydrogen-bond acceptors (Lipinski definition) is 3. The van der Waals surface area contributed by atoms with Crippen LogP contribution in [0.5, 0.6) is 0 Å². The third-order valence-corrected chi connectivity index (χ3v) is 4.88. The highest BCUT2D eigenvalue weighted by Gasteiger charge is 2.32. The van der Waals surface area contributed by atoms with Gasteiger partial charge in [0.2, 0.25) is 5.82 Å². The summed E-state index contributed by atoms with van der Waals surface area (Å²) in [6.07, 6.45) is 1.44. The van der Waals surface area contributed by atoms with Gasteiger partial charge in [0.1, 0.15) is 17.3 Å². The smallest absolute Gasteiger partial charge is 0.297 e. The minimum atomic E-state index is -0.390. The molecule has 5 nitrogen and oxygen atoms in total. The average molecular weight is 364 g/mol. The number of carbonyl (C=O) groups is 1. The second-order valence-electron chi connectivity index (χ2n) is 6.84. The van der Waals surface area contributed by atoms with Gasteiger partial charge in [0.25, 0.3) is 5.91 Å². The van der Waals surface area contributed by atoms with Crippen molar-refractivity contribution in [1.82, 2.24) is 14.8 Å². The van der Waals surface area contributed by atoms with Gasteiger partial charge in [-0.2, -0.15) is 0 Å². The zero-order valence-electron chi connectivity index (χ0n) is 15.4. The fourth-order valence-electron chi connectivity index (χ4n) is 3.57. The molecule has 0 N–H and O–H groups in total. The van der Waals surface area contributed by atoms with E-state index in [-0.39, 0.29) is 23.5 Å². The van der Waals surface area contributed by atoms with Gasteiger partial charge in [0, 0.05) is 24.6 Å². The lowest BCUT2D eigenvalue weighted by Crippen LogP contribution is -2.30. The first kappa shape index (κ1) is 17.4. The first-order valence-electron chi connectivity index (χ1n) is 9.21. The van der Waals surface area contributed by atoms with Crippen molar-refractivity contribution in [3.05, 3.63) is 71.6 Å². The van der Waals surface area contributed by atoms with Gasteiger partial charge in [-0.05, 0) is 30.2 Å². The Morgan fingerprint density at radius 1 is 1.15 bits per heavy atom. The molecule has 1 amide bonds. The Morgan fingerprint density at radius 3 is 2.59 bits per heavy atom. The largest absolute Gasteiger partial charge is 0.305 e. The molecule has 0 saturated heterocycles.